The molecule has 2 atom stereocenters. The smallest absolute Gasteiger partial charge is 0.368 e. The molecule has 0 bridgehead atoms. The molecule has 5 nitrogen and oxygen atoms in total. The third-order valence-corrected chi connectivity index (χ3v) is 5.25. The van der Waals surface area contributed by atoms with Crippen LogP contribution in [0.25, 0.3) is 0 Å². The summed E-state index contributed by atoms with van der Waals surface area (Å²) in [5, 5.41) is 3.95. The zero-order valence-corrected chi connectivity index (χ0v) is 17.3. The van der Waals surface area contributed by atoms with E-state index in [-0.39, 0.29) is 6.04 Å². The molecule has 164 valence electrons. The van der Waals surface area contributed by atoms with E-state index in [1.165, 1.54) is 12.1 Å². The van der Waals surface area contributed by atoms with E-state index in [0.717, 1.165) is 23.3 Å². The summed E-state index contributed by atoms with van der Waals surface area (Å²) in [4.78, 5) is 14.1. The fourth-order valence-electron chi connectivity index (χ4n) is 3.67. The first-order valence-electron chi connectivity index (χ1n) is 9.82. The van der Waals surface area contributed by atoms with Crippen molar-refractivity contribution in [3.8, 4) is 0 Å². The molecule has 2 N–H and O–H groups in total. The zero-order valence-electron chi connectivity index (χ0n) is 17.3. The van der Waals surface area contributed by atoms with Crippen molar-refractivity contribution in [2.75, 3.05) is 7.05 Å². The van der Waals surface area contributed by atoms with Crippen molar-refractivity contribution in [1.29, 1.82) is 0 Å². The van der Waals surface area contributed by atoms with Gasteiger partial charge in [-0.2, -0.15) is 13.2 Å². The normalized spacial score (nSPS) is 13.9. The van der Waals surface area contributed by atoms with Gasteiger partial charge in [0.25, 0.3) is 0 Å². The van der Waals surface area contributed by atoms with Crippen molar-refractivity contribution in [2.45, 2.75) is 38.0 Å². The largest absolute Gasteiger partial charge is 0.416 e. The highest BCUT2D eigenvalue weighted by molar-refractivity contribution is 5.81. The lowest BCUT2D eigenvalue weighted by atomic mass is 9.97. The lowest BCUT2D eigenvalue weighted by molar-refractivity contribution is -0.137. The van der Waals surface area contributed by atoms with Crippen molar-refractivity contribution in [1.82, 2.24) is 10.1 Å². The van der Waals surface area contributed by atoms with Crippen LogP contribution in [0.4, 0.5) is 13.2 Å². The van der Waals surface area contributed by atoms with Gasteiger partial charge in [0.1, 0.15) is 6.04 Å². The molecule has 0 saturated heterocycles. The van der Waals surface area contributed by atoms with Crippen LogP contribution in [-0.4, -0.2) is 23.0 Å². The molecular formula is C23H24F3N3O2. The molecule has 1 heterocycles. The summed E-state index contributed by atoms with van der Waals surface area (Å²) in [5.41, 5.74) is 7.22. The van der Waals surface area contributed by atoms with Crippen molar-refractivity contribution >= 4 is 5.91 Å². The summed E-state index contributed by atoms with van der Waals surface area (Å²) in [5.74, 6) is 0.0542. The van der Waals surface area contributed by atoms with E-state index in [1.54, 1.807) is 20.0 Å². The minimum Gasteiger partial charge on any atom is -0.368 e. The van der Waals surface area contributed by atoms with Crippen molar-refractivity contribution in [3.05, 3.63) is 88.8 Å². The highest BCUT2D eigenvalue weighted by Gasteiger charge is 2.32. The summed E-state index contributed by atoms with van der Waals surface area (Å²) >= 11 is 0. The molecule has 8 heteroatoms. The molecule has 0 aliphatic heterocycles. The number of halogens is 3. The molecule has 0 radical (unpaired) electrons. The molecular weight excluding hydrogens is 407 g/mol. The molecule has 2 aromatic carbocycles. The first-order valence-corrected chi connectivity index (χ1v) is 9.82. The van der Waals surface area contributed by atoms with Gasteiger partial charge in [-0.25, -0.2) is 0 Å². The summed E-state index contributed by atoms with van der Waals surface area (Å²) in [6, 6.07) is 15.0. The molecule has 3 rings (SSSR count). The molecule has 1 aromatic heterocycles. The monoisotopic (exact) mass is 431 g/mol. The fourth-order valence-corrected chi connectivity index (χ4v) is 3.67. The summed E-state index contributed by atoms with van der Waals surface area (Å²) in [7, 11) is 1.78. The predicted octanol–water partition coefficient (Wildman–Crippen LogP) is 4.83. The molecule has 1 amide bonds. The van der Waals surface area contributed by atoms with Crippen LogP contribution >= 0.6 is 0 Å². The molecule has 0 aliphatic carbocycles. The fraction of sp³-hybridized carbons (Fsp3) is 0.304. The second-order valence-corrected chi connectivity index (χ2v) is 7.50. The molecule has 0 fully saturated rings. The number of hydrogen-bond donors (Lipinski definition) is 1. The number of nitrogens with two attached hydrogens (primary N) is 1. The first kappa shape index (κ1) is 22.6. The van der Waals surface area contributed by atoms with E-state index in [1.807, 2.05) is 35.2 Å². The summed E-state index contributed by atoms with van der Waals surface area (Å²) < 4.78 is 43.9. The third kappa shape index (κ3) is 5.52. The standard InChI is InChI=1S/C23H24F3N3O2/c1-15-14-20(31-28-15)19(13-10-16-8-11-18(12-9-16)23(24,25)26)29(2)21(22(27)30)17-6-4-3-5-7-17/h3-9,11-12,14,19,21H,10,13H2,1-2H3,(H2,27,30). The highest BCUT2D eigenvalue weighted by atomic mass is 19.4. The van der Waals surface area contributed by atoms with Gasteiger partial charge in [-0.1, -0.05) is 47.6 Å². The van der Waals surface area contributed by atoms with E-state index in [2.05, 4.69) is 5.16 Å². The topological polar surface area (TPSA) is 72.4 Å². The molecule has 2 unspecified atom stereocenters. The lowest BCUT2D eigenvalue weighted by Crippen LogP contribution is -2.37. The number of carbonyl (C=O) groups excluding carboxylic acids is 1. The van der Waals surface area contributed by atoms with Crippen LogP contribution in [0.5, 0.6) is 0 Å². The maximum Gasteiger partial charge on any atom is 0.416 e. The van der Waals surface area contributed by atoms with Crippen molar-refractivity contribution in [3.63, 3.8) is 0 Å². The van der Waals surface area contributed by atoms with Crippen LogP contribution in [0.1, 0.15) is 46.6 Å². The van der Waals surface area contributed by atoms with E-state index < -0.39 is 23.7 Å². The summed E-state index contributed by atoms with van der Waals surface area (Å²) in [6.45, 7) is 1.79. The third-order valence-electron chi connectivity index (χ3n) is 5.25. The van der Waals surface area contributed by atoms with Crippen LogP contribution in [0.2, 0.25) is 0 Å². The molecule has 31 heavy (non-hydrogen) atoms. The highest BCUT2D eigenvalue weighted by Crippen LogP contribution is 2.34. The Hall–Kier alpha value is -3.13. The Balaban J connectivity index is 1.85. The van der Waals surface area contributed by atoms with Gasteiger partial charge in [0.05, 0.1) is 17.3 Å². The maximum atomic E-state index is 12.8. The number of nitrogens with zero attached hydrogens (tertiary/aromatic N) is 2. The van der Waals surface area contributed by atoms with Crippen LogP contribution in [0, 0.1) is 6.92 Å². The van der Waals surface area contributed by atoms with Crippen LogP contribution < -0.4 is 5.73 Å². The SMILES string of the molecule is Cc1cc(C(CCc2ccc(C(F)(F)F)cc2)N(C)C(C(N)=O)c2ccccc2)on1. The van der Waals surface area contributed by atoms with Gasteiger partial charge in [0.2, 0.25) is 5.91 Å². The Morgan fingerprint density at radius 1 is 1.13 bits per heavy atom. The summed E-state index contributed by atoms with van der Waals surface area (Å²) in [6.07, 6.45) is -3.40. The second kappa shape index (κ2) is 9.34. The average Bonchev–Trinajstić information content (AvgIpc) is 3.14. The van der Waals surface area contributed by atoms with Crippen molar-refractivity contribution < 1.29 is 22.5 Å². The number of rotatable bonds is 8. The van der Waals surface area contributed by atoms with Gasteiger partial charge in [0.15, 0.2) is 5.76 Å². The van der Waals surface area contributed by atoms with Gasteiger partial charge < -0.3 is 10.3 Å². The average molecular weight is 431 g/mol. The van der Waals surface area contributed by atoms with Gasteiger partial charge in [0, 0.05) is 6.07 Å². The number of benzene rings is 2. The Morgan fingerprint density at radius 2 is 1.77 bits per heavy atom. The number of hydrogen-bond acceptors (Lipinski definition) is 4. The van der Waals surface area contributed by atoms with E-state index in [0.29, 0.717) is 24.3 Å². The second-order valence-electron chi connectivity index (χ2n) is 7.50. The molecule has 0 spiro atoms. The predicted molar refractivity (Wildman–Crippen MR) is 110 cm³/mol. The van der Waals surface area contributed by atoms with Crippen LogP contribution in [0.3, 0.4) is 0 Å². The Kier molecular flexibility index (Phi) is 6.80. The van der Waals surface area contributed by atoms with Gasteiger partial charge in [-0.05, 0) is 50.1 Å². The van der Waals surface area contributed by atoms with E-state index in [9.17, 15) is 18.0 Å². The number of alkyl halides is 3. The Morgan fingerprint density at radius 3 is 2.29 bits per heavy atom. The van der Waals surface area contributed by atoms with Gasteiger partial charge >= 0.3 is 6.18 Å². The number of likely N-dealkylation sites (N-methyl/N-ethyl adjacent to an activating group) is 1. The van der Waals surface area contributed by atoms with E-state index in [4.69, 9.17) is 10.3 Å². The number of carbonyl (C=O) groups is 1. The number of amides is 1. The van der Waals surface area contributed by atoms with Crippen LogP contribution in [-0.2, 0) is 17.4 Å². The van der Waals surface area contributed by atoms with Crippen LogP contribution in [0.15, 0.2) is 65.2 Å². The minimum absolute atomic E-state index is 0.360. The Labute approximate surface area is 178 Å². The van der Waals surface area contributed by atoms with Crippen molar-refractivity contribution in [2.24, 2.45) is 5.73 Å². The zero-order chi connectivity index (χ0) is 22.6. The molecule has 3 aromatic rings. The first-order chi connectivity index (χ1) is 14.7. The number of aromatic nitrogens is 1. The Bertz CT molecular complexity index is 1000. The molecule has 0 aliphatic rings. The minimum atomic E-state index is -4.37. The van der Waals surface area contributed by atoms with Gasteiger partial charge in [-0.15, -0.1) is 0 Å². The quantitative estimate of drug-likeness (QED) is 0.554. The van der Waals surface area contributed by atoms with Gasteiger partial charge in [-0.3, -0.25) is 9.69 Å². The lowest BCUT2D eigenvalue weighted by Gasteiger charge is -2.32. The number of primary amides is 1. The molecule has 0 saturated carbocycles. The maximum absolute atomic E-state index is 12.8. The van der Waals surface area contributed by atoms with E-state index >= 15 is 0 Å². The number of aryl methyl sites for hydroxylation is 2.